The van der Waals surface area contributed by atoms with Gasteiger partial charge in [-0.15, -0.1) is 0 Å². The van der Waals surface area contributed by atoms with Crippen LogP contribution in [0.5, 0.6) is 0 Å². The summed E-state index contributed by atoms with van der Waals surface area (Å²) >= 11 is 0. The molecule has 0 radical (unpaired) electrons. The van der Waals surface area contributed by atoms with Crippen LogP contribution in [0.25, 0.3) is 0 Å². The van der Waals surface area contributed by atoms with Gasteiger partial charge in [-0.25, -0.2) is 0 Å². The third-order valence-electron chi connectivity index (χ3n) is 0.965. The Morgan fingerprint density at radius 3 is 1.80 bits per heavy atom. The number of rotatable bonds is 2. The molecule has 0 bridgehead atoms. The summed E-state index contributed by atoms with van der Waals surface area (Å²) in [5.41, 5.74) is 5.65. The molecule has 3 nitrogen and oxygen atoms in total. The number of allylic oxidation sites excluding steroid dienone is 2. The first-order valence-corrected chi connectivity index (χ1v) is 4.33. The van der Waals surface area contributed by atoms with Crippen molar-refractivity contribution < 1.29 is 9.00 Å². The van der Waals surface area contributed by atoms with Crippen molar-refractivity contribution in [2.24, 2.45) is 5.73 Å². The highest BCUT2D eigenvalue weighted by Crippen LogP contribution is 2.03. The summed E-state index contributed by atoms with van der Waals surface area (Å²) < 4.78 is 10.8. The predicted molar refractivity (Wildman–Crippen MR) is 41.6 cm³/mol. The van der Waals surface area contributed by atoms with Gasteiger partial charge in [0, 0.05) is 12.0 Å². The van der Waals surface area contributed by atoms with Crippen LogP contribution in [0.2, 0.25) is 0 Å². The summed E-state index contributed by atoms with van der Waals surface area (Å²) in [4.78, 5) is 10.9. The lowest BCUT2D eigenvalue weighted by molar-refractivity contribution is -0.113. The maximum absolute atomic E-state index is 10.8. The highest BCUT2D eigenvalue weighted by molar-refractivity contribution is 7.89. The van der Waals surface area contributed by atoms with Crippen molar-refractivity contribution in [3.8, 4) is 0 Å². The molecule has 0 aromatic heterocycles. The fourth-order valence-electron chi connectivity index (χ4n) is 0.707. The van der Waals surface area contributed by atoms with Crippen LogP contribution < -0.4 is 5.73 Å². The van der Waals surface area contributed by atoms with E-state index in [1.54, 1.807) is 6.92 Å². The predicted octanol–water partition coefficient (Wildman–Crippen LogP) is 0.144. The molecular formula is C6H11NO2S. The number of hydrogen-bond donors (Lipinski definition) is 1. The van der Waals surface area contributed by atoms with E-state index in [4.69, 9.17) is 5.73 Å². The van der Waals surface area contributed by atoms with Crippen LogP contribution in [0.3, 0.4) is 0 Å². The number of carbonyl (C=O) groups excluding carboxylic acids is 1. The highest BCUT2D eigenvalue weighted by Gasteiger charge is 2.09. The maximum Gasteiger partial charge on any atom is 0.170 e. The van der Waals surface area contributed by atoms with Crippen LogP contribution in [0.4, 0.5) is 0 Å². The Morgan fingerprint density at radius 1 is 1.40 bits per heavy atom. The van der Waals surface area contributed by atoms with Gasteiger partial charge in [0.15, 0.2) is 5.78 Å². The number of nitrogens with two attached hydrogens (primary N) is 1. The van der Waals surface area contributed by atoms with Crippen molar-refractivity contribution in [3.05, 3.63) is 10.6 Å². The van der Waals surface area contributed by atoms with Crippen molar-refractivity contribution >= 4 is 16.6 Å². The number of Topliss-reactive ketones (excluding diaryl/α,β-unsaturated/α-hetero) is 1. The molecule has 0 rings (SSSR count). The Hall–Kier alpha value is -0.640. The Labute approximate surface area is 62.8 Å². The largest absolute Gasteiger partial charge is 0.401 e. The standard InChI is InChI=1S/C6H11NO2S/c1-4(7)6(5(2)8)10(3)9/h7H2,1-3H3. The first-order valence-electron chi connectivity index (χ1n) is 2.77. The van der Waals surface area contributed by atoms with E-state index in [0.29, 0.717) is 5.70 Å². The summed E-state index contributed by atoms with van der Waals surface area (Å²) in [5, 5.41) is 0. The van der Waals surface area contributed by atoms with Crippen LogP contribution >= 0.6 is 0 Å². The van der Waals surface area contributed by atoms with Crippen LogP contribution in [0, 0.1) is 0 Å². The van der Waals surface area contributed by atoms with Gasteiger partial charge in [0.2, 0.25) is 0 Å². The van der Waals surface area contributed by atoms with Gasteiger partial charge in [-0.2, -0.15) is 0 Å². The first kappa shape index (κ1) is 9.36. The van der Waals surface area contributed by atoms with Gasteiger partial charge < -0.3 is 5.73 Å². The first-order chi connectivity index (χ1) is 4.46. The van der Waals surface area contributed by atoms with E-state index in [0.717, 1.165) is 0 Å². The smallest absolute Gasteiger partial charge is 0.170 e. The average molecular weight is 161 g/mol. The van der Waals surface area contributed by atoms with E-state index in [2.05, 4.69) is 0 Å². The molecule has 0 amide bonds. The summed E-state index contributed by atoms with van der Waals surface area (Å²) in [5.74, 6) is -0.221. The third kappa shape index (κ3) is 2.31. The van der Waals surface area contributed by atoms with Crippen LogP contribution in [-0.2, 0) is 15.6 Å². The molecular weight excluding hydrogens is 150 g/mol. The Kier molecular flexibility index (Phi) is 3.28. The highest BCUT2D eigenvalue weighted by atomic mass is 32.2. The molecule has 0 spiro atoms. The van der Waals surface area contributed by atoms with Gasteiger partial charge in [-0.05, 0) is 13.8 Å². The fraction of sp³-hybridized carbons (Fsp3) is 0.500. The van der Waals surface area contributed by atoms with Crippen molar-refractivity contribution in [3.63, 3.8) is 0 Å². The second-order valence-electron chi connectivity index (χ2n) is 2.02. The molecule has 2 N–H and O–H groups in total. The van der Waals surface area contributed by atoms with E-state index in [-0.39, 0.29) is 10.7 Å². The lowest BCUT2D eigenvalue weighted by atomic mass is 10.3. The second-order valence-corrected chi connectivity index (χ2v) is 3.34. The molecule has 1 unspecified atom stereocenters. The Bertz CT molecular complexity index is 188. The van der Waals surface area contributed by atoms with Crippen LogP contribution in [0.15, 0.2) is 10.6 Å². The van der Waals surface area contributed by atoms with E-state index >= 15 is 0 Å². The molecule has 0 aromatic rings. The number of ketones is 1. The number of hydrogen-bond acceptors (Lipinski definition) is 3. The molecule has 10 heavy (non-hydrogen) atoms. The minimum absolute atomic E-state index is 0.221. The van der Waals surface area contributed by atoms with Gasteiger partial charge >= 0.3 is 0 Å². The maximum atomic E-state index is 10.8. The molecule has 0 saturated carbocycles. The minimum Gasteiger partial charge on any atom is -0.401 e. The van der Waals surface area contributed by atoms with Crippen LogP contribution in [0.1, 0.15) is 13.8 Å². The molecule has 0 heterocycles. The third-order valence-corrected chi connectivity index (χ3v) is 2.15. The monoisotopic (exact) mass is 161 g/mol. The molecule has 0 fully saturated rings. The Balaban J connectivity index is 4.79. The van der Waals surface area contributed by atoms with Crippen molar-refractivity contribution in [1.29, 1.82) is 0 Å². The van der Waals surface area contributed by atoms with Gasteiger partial charge in [0.05, 0.1) is 15.7 Å². The fourth-order valence-corrected chi connectivity index (χ4v) is 1.57. The molecule has 0 aliphatic heterocycles. The van der Waals surface area contributed by atoms with Gasteiger partial charge in [-0.3, -0.25) is 9.00 Å². The summed E-state index contributed by atoms with van der Waals surface area (Å²) in [6.07, 6.45) is 1.44. The minimum atomic E-state index is -1.26. The zero-order valence-electron chi connectivity index (χ0n) is 6.30. The van der Waals surface area contributed by atoms with Crippen molar-refractivity contribution in [2.45, 2.75) is 13.8 Å². The number of carbonyl (C=O) groups is 1. The average Bonchev–Trinajstić information content (AvgIpc) is 1.59. The summed E-state index contributed by atoms with van der Waals surface area (Å²) in [6.45, 7) is 2.92. The quantitative estimate of drug-likeness (QED) is 0.586. The van der Waals surface area contributed by atoms with E-state index < -0.39 is 10.8 Å². The van der Waals surface area contributed by atoms with E-state index in [9.17, 15) is 9.00 Å². The molecule has 0 saturated heterocycles. The molecule has 58 valence electrons. The SMILES string of the molecule is CC(=O)C(=C(C)N)S(C)=O. The second kappa shape index (κ2) is 3.51. The topological polar surface area (TPSA) is 60.2 Å². The van der Waals surface area contributed by atoms with E-state index in [1.165, 1.54) is 13.2 Å². The lowest BCUT2D eigenvalue weighted by Crippen LogP contribution is -2.09. The molecule has 0 aromatic carbocycles. The lowest BCUT2D eigenvalue weighted by Gasteiger charge is -1.99. The van der Waals surface area contributed by atoms with Gasteiger partial charge in [-0.1, -0.05) is 0 Å². The zero-order chi connectivity index (χ0) is 8.31. The molecule has 1 atom stereocenters. The molecule has 4 heteroatoms. The summed E-state index contributed by atoms with van der Waals surface area (Å²) in [7, 11) is -1.26. The van der Waals surface area contributed by atoms with Crippen LogP contribution in [-0.4, -0.2) is 16.2 Å². The van der Waals surface area contributed by atoms with Gasteiger partial charge in [0.1, 0.15) is 0 Å². The van der Waals surface area contributed by atoms with Gasteiger partial charge in [0.25, 0.3) is 0 Å². The van der Waals surface area contributed by atoms with Crippen molar-refractivity contribution in [2.75, 3.05) is 6.26 Å². The summed E-state index contributed by atoms with van der Waals surface area (Å²) in [6, 6.07) is 0. The normalized spacial score (nSPS) is 15.9. The zero-order valence-corrected chi connectivity index (χ0v) is 7.12. The molecule has 0 aliphatic carbocycles. The Morgan fingerprint density at radius 2 is 1.80 bits per heavy atom. The molecule has 0 aliphatic rings. The van der Waals surface area contributed by atoms with Crippen molar-refractivity contribution in [1.82, 2.24) is 0 Å². The van der Waals surface area contributed by atoms with E-state index in [1.807, 2.05) is 0 Å².